The van der Waals surface area contributed by atoms with Crippen molar-refractivity contribution < 1.29 is 9.59 Å². The fraction of sp³-hybridized carbons (Fsp3) is 0.421. The van der Waals surface area contributed by atoms with E-state index < -0.39 is 0 Å². The number of rotatable bonds is 3. The summed E-state index contributed by atoms with van der Waals surface area (Å²) < 4.78 is 0. The van der Waals surface area contributed by atoms with E-state index in [-0.39, 0.29) is 23.8 Å². The number of hydrogen-bond acceptors (Lipinski definition) is 3. The molecule has 0 radical (unpaired) electrons. The fourth-order valence-electron chi connectivity index (χ4n) is 3.76. The Bertz CT molecular complexity index is 771. The van der Waals surface area contributed by atoms with Crippen LogP contribution in [0.15, 0.2) is 36.5 Å². The molecule has 4 rings (SSSR count). The summed E-state index contributed by atoms with van der Waals surface area (Å²) in [5, 5.41) is 2.76. The first kappa shape index (κ1) is 15.9. The van der Waals surface area contributed by atoms with Crippen LogP contribution in [-0.4, -0.2) is 39.8 Å². The second kappa shape index (κ2) is 6.70. The second-order valence-corrected chi connectivity index (χ2v) is 6.80. The number of hydrogen-bond donors (Lipinski definition) is 2. The monoisotopic (exact) mass is 338 g/mol. The van der Waals surface area contributed by atoms with E-state index in [2.05, 4.69) is 15.3 Å². The zero-order valence-corrected chi connectivity index (χ0v) is 14.1. The quantitative estimate of drug-likeness (QED) is 0.901. The van der Waals surface area contributed by atoms with Gasteiger partial charge in [0.1, 0.15) is 5.82 Å². The van der Waals surface area contributed by atoms with E-state index >= 15 is 0 Å². The Kier molecular flexibility index (Phi) is 4.26. The predicted octanol–water partition coefficient (Wildman–Crippen LogP) is 2.27. The molecule has 1 aromatic heterocycles. The minimum atomic E-state index is -0.239. The Labute approximate surface area is 146 Å². The highest BCUT2D eigenvalue weighted by Crippen LogP contribution is 2.32. The molecule has 0 aliphatic carbocycles. The molecule has 6 nitrogen and oxygen atoms in total. The molecule has 0 spiro atoms. The molecule has 2 aliphatic heterocycles. The lowest BCUT2D eigenvalue weighted by atomic mass is 9.98. The zero-order valence-electron chi connectivity index (χ0n) is 14.1. The molecule has 2 aliphatic rings. The molecule has 6 heteroatoms. The maximum atomic E-state index is 12.9. The molecule has 1 aromatic carbocycles. The Morgan fingerprint density at radius 1 is 1.20 bits per heavy atom. The molecule has 2 amide bonds. The largest absolute Gasteiger partial charge is 0.355 e. The summed E-state index contributed by atoms with van der Waals surface area (Å²) in [6.07, 6.45) is 5.12. The average Bonchev–Trinajstić information content (AvgIpc) is 3.31. The van der Waals surface area contributed by atoms with Crippen LogP contribution in [0.2, 0.25) is 0 Å². The summed E-state index contributed by atoms with van der Waals surface area (Å²) in [6, 6.07) is 10.0. The van der Waals surface area contributed by atoms with Crippen molar-refractivity contribution >= 4 is 11.8 Å². The third-order valence-electron chi connectivity index (χ3n) is 5.11. The SMILES string of the molecule is O=C1C[C@H](C(=O)N2CCCC[C@H]2c2ncc(-c3ccccc3)[nH]2)CN1. The topological polar surface area (TPSA) is 78.1 Å². The highest BCUT2D eigenvalue weighted by molar-refractivity contribution is 5.89. The fourth-order valence-corrected chi connectivity index (χ4v) is 3.76. The predicted molar refractivity (Wildman–Crippen MR) is 93.4 cm³/mol. The maximum absolute atomic E-state index is 12.9. The van der Waals surface area contributed by atoms with Crippen molar-refractivity contribution in [2.75, 3.05) is 13.1 Å². The maximum Gasteiger partial charge on any atom is 0.228 e. The summed E-state index contributed by atoms with van der Waals surface area (Å²) >= 11 is 0. The van der Waals surface area contributed by atoms with Crippen molar-refractivity contribution in [3.63, 3.8) is 0 Å². The lowest BCUT2D eigenvalue weighted by Gasteiger charge is -2.36. The minimum Gasteiger partial charge on any atom is -0.355 e. The Hall–Kier alpha value is -2.63. The molecule has 2 aromatic rings. The van der Waals surface area contributed by atoms with Crippen LogP contribution in [0.4, 0.5) is 0 Å². The van der Waals surface area contributed by atoms with Crippen molar-refractivity contribution in [3.8, 4) is 11.3 Å². The number of H-pyrrole nitrogens is 1. The number of aromatic amines is 1. The summed E-state index contributed by atoms with van der Waals surface area (Å²) in [5.41, 5.74) is 2.05. The van der Waals surface area contributed by atoms with Crippen LogP contribution in [-0.2, 0) is 9.59 Å². The van der Waals surface area contributed by atoms with Gasteiger partial charge in [0.2, 0.25) is 11.8 Å². The van der Waals surface area contributed by atoms with Crippen LogP contribution in [0.5, 0.6) is 0 Å². The van der Waals surface area contributed by atoms with Gasteiger partial charge in [0, 0.05) is 19.5 Å². The molecule has 2 atom stereocenters. The summed E-state index contributed by atoms with van der Waals surface area (Å²) in [6.45, 7) is 1.18. The first-order chi connectivity index (χ1) is 12.2. The number of benzene rings is 1. The van der Waals surface area contributed by atoms with Gasteiger partial charge in [-0.1, -0.05) is 30.3 Å². The molecule has 0 saturated carbocycles. The number of likely N-dealkylation sites (tertiary alicyclic amines) is 1. The lowest BCUT2D eigenvalue weighted by molar-refractivity contribution is -0.139. The number of amides is 2. The number of carbonyl (C=O) groups excluding carboxylic acids is 2. The number of aromatic nitrogens is 2. The van der Waals surface area contributed by atoms with E-state index in [1.54, 1.807) is 0 Å². The van der Waals surface area contributed by atoms with E-state index in [0.717, 1.165) is 42.9 Å². The van der Waals surface area contributed by atoms with Crippen LogP contribution in [0, 0.1) is 5.92 Å². The van der Waals surface area contributed by atoms with Gasteiger partial charge in [0.05, 0.1) is 23.9 Å². The molecular weight excluding hydrogens is 316 g/mol. The van der Waals surface area contributed by atoms with Crippen molar-refractivity contribution in [1.82, 2.24) is 20.2 Å². The Balaban J connectivity index is 1.56. The van der Waals surface area contributed by atoms with E-state index in [9.17, 15) is 9.59 Å². The van der Waals surface area contributed by atoms with Crippen LogP contribution < -0.4 is 5.32 Å². The summed E-state index contributed by atoms with van der Waals surface area (Å²) in [4.78, 5) is 34.2. The molecule has 3 heterocycles. The molecule has 0 bridgehead atoms. The highest BCUT2D eigenvalue weighted by atomic mass is 16.2. The summed E-state index contributed by atoms with van der Waals surface area (Å²) in [5.74, 6) is 0.637. The Morgan fingerprint density at radius 3 is 2.80 bits per heavy atom. The smallest absolute Gasteiger partial charge is 0.228 e. The third kappa shape index (κ3) is 3.16. The van der Waals surface area contributed by atoms with E-state index in [1.807, 2.05) is 41.4 Å². The van der Waals surface area contributed by atoms with Gasteiger partial charge in [-0.15, -0.1) is 0 Å². The van der Waals surface area contributed by atoms with Gasteiger partial charge in [-0.3, -0.25) is 9.59 Å². The van der Waals surface area contributed by atoms with Crippen LogP contribution in [0.1, 0.15) is 37.5 Å². The normalized spacial score (nSPS) is 23.5. The molecule has 2 N–H and O–H groups in total. The van der Waals surface area contributed by atoms with Gasteiger partial charge in [-0.05, 0) is 24.8 Å². The third-order valence-corrected chi connectivity index (χ3v) is 5.11. The molecular formula is C19H22N4O2. The molecule has 2 saturated heterocycles. The molecule has 2 fully saturated rings. The van der Waals surface area contributed by atoms with Gasteiger partial charge in [0.15, 0.2) is 0 Å². The zero-order chi connectivity index (χ0) is 17.2. The number of piperidine rings is 1. The second-order valence-electron chi connectivity index (χ2n) is 6.80. The van der Waals surface area contributed by atoms with Gasteiger partial charge >= 0.3 is 0 Å². The van der Waals surface area contributed by atoms with E-state index in [4.69, 9.17) is 0 Å². The van der Waals surface area contributed by atoms with Crippen LogP contribution in [0.25, 0.3) is 11.3 Å². The van der Waals surface area contributed by atoms with Crippen LogP contribution >= 0.6 is 0 Å². The van der Waals surface area contributed by atoms with E-state index in [0.29, 0.717) is 13.0 Å². The van der Waals surface area contributed by atoms with Crippen molar-refractivity contribution in [1.29, 1.82) is 0 Å². The number of nitrogens with one attached hydrogen (secondary N) is 2. The highest BCUT2D eigenvalue weighted by Gasteiger charge is 2.36. The average molecular weight is 338 g/mol. The molecule has 130 valence electrons. The van der Waals surface area contributed by atoms with Gasteiger partial charge in [0.25, 0.3) is 0 Å². The Morgan fingerprint density at radius 2 is 2.04 bits per heavy atom. The van der Waals surface area contributed by atoms with Gasteiger partial charge in [-0.2, -0.15) is 0 Å². The molecule has 0 unspecified atom stereocenters. The number of nitrogens with zero attached hydrogens (tertiary/aromatic N) is 2. The van der Waals surface area contributed by atoms with Crippen molar-refractivity contribution in [2.24, 2.45) is 5.92 Å². The van der Waals surface area contributed by atoms with Gasteiger partial charge < -0.3 is 15.2 Å². The standard InChI is InChI=1S/C19H22N4O2/c24-17-10-14(11-20-17)19(25)23-9-5-4-8-16(23)18-21-12-15(22-18)13-6-2-1-3-7-13/h1-3,6-7,12,14,16H,4-5,8-11H2,(H,20,24)(H,21,22)/t14-,16-/m0/s1. The number of carbonyl (C=O) groups is 2. The minimum absolute atomic E-state index is 0.0312. The van der Waals surface area contributed by atoms with E-state index in [1.165, 1.54) is 0 Å². The first-order valence-corrected chi connectivity index (χ1v) is 8.90. The van der Waals surface area contributed by atoms with Crippen molar-refractivity contribution in [3.05, 3.63) is 42.4 Å². The lowest BCUT2D eigenvalue weighted by Crippen LogP contribution is -2.42. The first-order valence-electron chi connectivity index (χ1n) is 8.90. The summed E-state index contributed by atoms with van der Waals surface area (Å²) in [7, 11) is 0. The van der Waals surface area contributed by atoms with Crippen LogP contribution in [0.3, 0.4) is 0 Å². The van der Waals surface area contributed by atoms with Gasteiger partial charge in [-0.25, -0.2) is 4.98 Å². The van der Waals surface area contributed by atoms with Crippen molar-refractivity contribution in [2.45, 2.75) is 31.7 Å². The molecule has 25 heavy (non-hydrogen) atoms. The number of imidazole rings is 1.